The third-order valence-electron chi connectivity index (χ3n) is 2.48. The van der Waals surface area contributed by atoms with Gasteiger partial charge in [0.2, 0.25) is 11.0 Å². The van der Waals surface area contributed by atoms with Gasteiger partial charge in [0, 0.05) is 15.8 Å². The lowest BCUT2D eigenvalue weighted by molar-refractivity contribution is -0.113. The lowest BCUT2D eigenvalue weighted by Gasteiger charge is -2.02. The van der Waals surface area contributed by atoms with Crippen LogP contribution in [-0.2, 0) is 11.2 Å². The number of amides is 1. The first-order valence-corrected chi connectivity index (χ1v) is 9.13. The molecule has 0 bridgehead atoms. The Hall–Kier alpha value is -0.920. The SMILES string of the molecule is CC(C)Cc1nnc(NC(=O)CSc2ccc(Br)cc2)s1. The van der Waals surface area contributed by atoms with Crippen molar-refractivity contribution in [3.63, 3.8) is 0 Å². The van der Waals surface area contributed by atoms with Gasteiger partial charge in [-0.3, -0.25) is 10.1 Å². The van der Waals surface area contributed by atoms with Crippen molar-refractivity contribution in [1.82, 2.24) is 10.2 Å². The Morgan fingerprint density at radius 1 is 1.33 bits per heavy atom. The Labute approximate surface area is 140 Å². The van der Waals surface area contributed by atoms with E-state index in [1.807, 2.05) is 24.3 Å². The monoisotopic (exact) mass is 385 g/mol. The standard InChI is InChI=1S/C14H16BrN3OS2/c1-9(2)7-13-17-18-14(21-13)16-12(19)8-20-11-5-3-10(15)4-6-11/h3-6,9H,7-8H2,1-2H3,(H,16,18,19). The molecule has 0 saturated heterocycles. The minimum Gasteiger partial charge on any atom is -0.300 e. The first kappa shape index (κ1) is 16.5. The predicted molar refractivity (Wildman–Crippen MR) is 91.9 cm³/mol. The molecule has 112 valence electrons. The second-order valence-corrected chi connectivity index (χ2v) is 7.92. The topological polar surface area (TPSA) is 54.9 Å². The lowest BCUT2D eigenvalue weighted by atomic mass is 10.1. The molecule has 1 aromatic carbocycles. The van der Waals surface area contributed by atoms with Crippen molar-refractivity contribution in [3.05, 3.63) is 33.7 Å². The van der Waals surface area contributed by atoms with Gasteiger partial charge in [-0.2, -0.15) is 0 Å². The minimum atomic E-state index is -0.0600. The number of hydrogen-bond donors (Lipinski definition) is 1. The first-order valence-electron chi connectivity index (χ1n) is 6.53. The maximum absolute atomic E-state index is 11.9. The third kappa shape index (κ3) is 5.76. The number of thioether (sulfide) groups is 1. The van der Waals surface area contributed by atoms with E-state index in [0.717, 1.165) is 20.8 Å². The summed E-state index contributed by atoms with van der Waals surface area (Å²) in [5.74, 6) is 0.838. The van der Waals surface area contributed by atoms with Gasteiger partial charge >= 0.3 is 0 Å². The summed E-state index contributed by atoms with van der Waals surface area (Å²) < 4.78 is 1.03. The van der Waals surface area contributed by atoms with Crippen LogP contribution in [0.25, 0.3) is 0 Å². The highest BCUT2D eigenvalue weighted by Crippen LogP contribution is 2.22. The van der Waals surface area contributed by atoms with Gasteiger partial charge < -0.3 is 0 Å². The van der Waals surface area contributed by atoms with Crippen molar-refractivity contribution in [1.29, 1.82) is 0 Å². The van der Waals surface area contributed by atoms with Gasteiger partial charge in [-0.05, 0) is 30.2 Å². The summed E-state index contributed by atoms with van der Waals surface area (Å²) in [5, 5.41) is 12.4. The number of nitrogens with zero attached hydrogens (tertiary/aromatic N) is 2. The zero-order chi connectivity index (χ0) is 15.2. The van der Waals surface area contributed by atoms with E-state index in [2.05, 4.69) is 45.3 Å². The molecule has 0 radical (unpaired) electrons. The normalized spacial score (nSPS) is 10.9. The van der Waals surface area contributed by atoms with E-state index in [4.69, 9.17) is 0 Å². The van der Waals surface area contributed by atoms with Crippen LogP contribution in [0.2, 0.25) is 0 Å². The van der Waals surface area contributed by atoms with E-state index in [-0.39, 0.29) is 5.91 Å². The smallest absolute Gasteiger partial charge is 0.236 e. The number of anilines is 1. The predicted octanol–water partition coefficient (Wildman–Crippen LogP) is 4.23. The largest absolute Gasteiger partial charge is 0.300 e. The van der Waals surface area contributed by atoms with Gasteiger partial charge in [0.1, 0.15) is 5.01 Å². The zero-order valence-electron chi connectivity index (χ0n) is 11.8. The molecule has 1 heterocycles. The summed E-state index contributed by atoms with van der Waals surface area (Å²) in [4.78, 5) is 12.9. The Morgan fingerprint density at radius 3 is 2.71 bits per heavy atom. The zero-order valence-corrected chi connectivity index (χ0v) is 15.0. The molecule has 0 aliphatic heterocycles. The van der Waals surface area contributed by atoms with Crippen LogP contribution < -0.4 is 5.32 Å². The third-order valence-corrected chi connectivity index (χ3v) is 4.88. The van der Waals surface area contributed by atoms with Crippen LogP contribution >= 0.6 is 39.0 Å². The number of aromatic nitrogens is 2. The van der Waals surface area contributed by atoms with Crippen LogP contribution in [0.5, 0.6) is 0 Å². The minimum absolute atomic E-state index is 0.0600. The molecule has 2 aromatic rings. The second-order valence-electron chi connectivity index (χ2n) is 4.89. The van der Waals surface area contributed by atoms with Gasteiger partial charge in [-0.15, -0.1) is 22.0 Å². The first-order chi connectivity index (χ1) is 10.0. The maximum Gasteiger partial charge on any atom is 0.236 e. The molecule has 0 spiro atoms. The lowest BCUT2D eigenvalue weighted by Crippen LogP contribution is -2.13. The van der Waals surface area contributed by atoms with Crippen LogP contribution in [0.1, 0.15) is 18.9 Å². The molecular weight excluding hydrogens is 370 g/mol. The van der Waals surface area contributed by atoms with E-state index in [1.165, 1.54) is 23.1 Å². The Morgan fingerprint density at radius 2 is 2.05 bits per heavy atom. The highest BCUT2D eigenvalue weighted by molar-refractivity contribution is 9.10. The second kappa shape index (κ2) is 7.91. The van der Waals surface area contributed by atoms with Crippen LogP contribution in [0.4, 0.5) is 5.13 Å². The van der Waals surface area contributed by atoms with E-state index in [0.29, 0.717) is 16.8 Å². The van der Waals surface area contributed by atoms with E-state index >= 15 is 0 Å². The molecule has 0 atom stereocenters. The van der Waals surface area contributed by atoms with Crippen molar-refractivity contribution in [2.75, 3.05) is 11.1 Å². The summed E-state index contributed by atoms with van der Waals surface area (Å²) in [6.07, 6.45) is 0.890. The van der Waals surface area contributed by atoms with Crippen molar-refractivity contribution in [2.45, 2.75) is 25.2 Å². The van der Waals surface area contributed by atoms with E-state index in [1.54, 1.807) is 0 Å². The van der Waals surface area contributed by atoms with Crippen LogP contribution in [0.15, 0.2) is 33.6 Å². The van der Waals surface area contributed by atoms with Gasteiger partial charge in [0.25, 0.3) is 0 Å². The van der Waals surface area contributed by atoms with Gasteiger partial charge in [-0.25, -0.2) is 0 Å². The van der Waals surface area contributed by atoms with Crippen LogP contribution in [0, 0.1) is 5.92 Å². The highest BCUT2D eigenvalue weighted by Gasteiger charge is 2.09. The molecule has 0 aliphatic rings. The number of halogens is 1. The molecule has 7 heteroatoms. The van der Waals surface area contributed by atoms with Gasteiger partial charge in [-0.1, -0.05) is 41.1 Å². The average Bonchev–Trinajstić information content (AvgIpc) is 2.84. The Kier molecular flexibility index (Phi) is 6.20. The average molecular weight is 386 g/mol. The van der Waals surface area contributed by atoms with Crippen LogP contribution in [-0.4, -0.2) is 21.9 Å². The fourth-order valence-corrected chi connectivity index (χ4v) is 3.50. The van der Waals surface area contributed by atoms with Crippen LogP contribution in [0.3, 0.4) is 0 Å². The Balaban J connectivity index is 1.81. The number of nitrogens with one attached hydrogen (secondary N) is 1. The number of benzene rings is 1. The molecule has 1 aromatic heterocycles. The number of carbonyl (C=O) groups excluding carboxylic acids is 1. The fourth-order valence-electron chi connectivity index (χ4n) is 1.57. The molecular formula is C14H16BrN3OS2. The van der Waals surface area contributed by atoms with Crippen molar-refractivity contribution in [2.24, 2.45) is 5.92 Å². The van der Waals surface area contributed by atoms with Crippen molar-refractivity contribution in [3.8, 4) is 0 Å². The molecule has 0 fully saturated rings. The van der Waals surface area contributed by atoms with Crippen molar-refractivity contribution >= 4 is 50.1 Å². The fraction of sp³-hybridized carbons (Fsp3) is 0.357. The summed E-state index contributed by atoms with van der Waals surface area (Å²) in [6.45, 7) is 4.27. The number of rotatable bonds is 6. The molecule has 0 aliphatic carbocycles. The van der Waals surface area contributed by atoms with Gasteiger partial charge in [0.05, 0.1) is 5.75 Å². The molecule has 0 unspecified atom stereocenters. The quantitative estimate of drug-likeness (QED) is 0.755. The molecule has 2 rings (SSSR count). The molecule has 4 nitrogen and oxygen atoms in total. The highest BCUT2D eigenvalue weighted by atomic mass is 79.9. The molecule has 1 N–H and O–H groups in total. The summed E-state index contributed by atoms with van der Waals surface area (Å²) in [6, 6.07) is 7.88. The summed E-state index contributed by atoms with van der Waals surface area (Å²) >= 11 is 6.33. The Bertz CT molecular complexity index is 599. The summed E-state index contributed by atoms with van der Waals surface area (Å²) in [5.41, 5.74) is 0. The maximum atomic E-state index is 11.9. The number of hydrogen-bond acceptors (Lipinski definition) is 5. The van der Waals surface area contributed by atoms with E-state index < -0.39 is 0 Å². The molecule has 1 amide bonds. The van der Waals surface area contributed by atoms with Crippen molar-refractivity contribution < 1.29 is 4.79 Å². The molecule has 21 heavy (non-hydrogen) atoms. The summed E-state index contributed by atoms with van der Waals surface area (Å²) in [7, 11) is 0. The van der Waals surface area contributed by atoms with Gasteiger partial charge in [0.15, 0.2) is 0 Å². The number of carbonyl (C=O) groups is 1. The molecule has 0 saturated carbocycles. The van der Waals surface area contributed by atoms with E-state index in [9.17, 15) is 4.79 Å².